The molecule has 0 radical (unpaired) electrons. The van der Waals surface area contributed by atoms with Gasteiger partial charge in [-0.3, -0.25) is 4.79 Å². The molecule has 7 heteroatoms. The molecule has 1 saturated carbocycles. The second kappa shape index (κ2) is 5.93. The van der Waals surface area contributed by atoms with E-state index >= 15 is 0 Å². The second-order valence-electron chi connectivity index (χ2n) is 8.11. The molecule has 0 amide bonds. The Morgan fingerprint density at radius 2 is 1.88 bits per heavy atom. The first kappa shape index (κ1) is 17.2. The van der Waals surface area contributed by atoms with Crippen molar-refractivity contribution in [3.05, 3.63) is 0 Å². The summed E-state index contributed by atoms with van der Waals surface area (Å²) in [7, 11) is 0. The maximum absolute atomic E-state index is 12.3. The van der Waals surface area contributed by atoms with Crippen molar-refractivity contribution in [2.45, 2.75) is 95.8 Å². The molecule has 3 saturated heterocycles. The molecule has 140 valence electrons. The first-order valence-electron chi connectivity index (χ1n) is 9.28. The lowest BCUT2D eigenvalue weighted by atomic mass is 9.90. The topological polar surface area (TPSA) is 80.3 Å². The zero-order valence-corrected chi connectivity index (χ0v) is 15.0. The van der Waals surface area contributed by atoms with Gasteiger partial charge in [0.15, 0.2) is 24.3 Å². The highest BCUT2D eigenvalue weighted by molar-refractivity contribution is 5.84. The molecule has 0 aromatic carbocycles. The predicted octanol–water partition coefficient (Wildman–Crippen LogP) is 2.06. The molecule has 4 rings (SSSR count). The van der Waals surface area contributed by atoms with Gasteiger partial charge >= 0.3 is 11.9 Å². The Balaban J connectivity index is 1.45. The minimum absolute atomic E-state index is 0.427. The summed E-state index contributed by atoms with van der Waals surface area (Å²) >= 11 is 0. The van der Waals surface area contributed by atoms with Gasteiger partial charge in [0, 0.05) is 12.8 Å². The average Bonchev–Trinajstić information content (AvgIpc) is 3.17. The summed E-state index contributed by atoms with van der Waals surface area (Å²) in [6, 6.07) is 0. The van der Waals surface area contributed by atoms with E-state index in [-0.39, 0.29) is 0 Å². The molecule has 3 heterocycles. The van der Waals surface area contributed by atoms with Crippen molar-refractivity contribution in [2.24, 2.45) is 5.41 Å². The maximum Gasteiger partial charge on any atom is 0.350 e. The number of hydrogen-bond acceptors (Lipinski definition) is 7. The van der Waals surface area contributed by atoms with Gasteiger partial charge in [0.25, 0.3) is 0 Å². The third kappa shape index (κ3) is 2.76. The van der Waals surface area contributed by atoms with Crippen LogP contribution in [0.3, 0.4) is 0 Å². The van der Waals surface area contributed by atoms with E-state index in [1.165, 1.54) is 6.42 Å². The molecular weight excluding hydrogens is 328 g/mol. The van der Waals surface area contributed by atoms with E-state index in [0.29, 0.717) is 6.42 Å². The van der Waals surface area contributed by atoms with E-state index in [1.807, 2.05) is 6.92 Å². The molecule has 4 fully saturated rings. The fraction of sp³-hybridized carbons (Fsp3) is 0.889. The summed E-state index contributed by atoms with van der Waals surface area (Å²) in [5.74, 6) is -1.60. The van der Waals surface area contributed by atoms with Gasteiger partial charge < -0.3 is 23.7 Å². The van der Waals surface area contributed by atoms with Gasteiger partial charge in [0.1, 0.15) is 6.10 Å². The molecular formula is C18H26O7. The Labute approximate surface area is 147 Å². The third-order valence-electron chi connectivity index (χ3n) is 5.96. The summed E-state index contributed by atoms with van der Waals surface area (Å²) in [6.45, 7) is 5.48. The van der Waals surface area contributed by atoms with Crippen LogP contribution in [0.5, 0.6) is 0 Å². The molecule has 0 N–H and O–H groups in total. The standard InChI is InChI=1S/C18H26O7/c1-4-17(2,3)16(20)23-12-10-11(21-14(12)19)13-15(22-10)25-18(24-13)8-6-5-7-9-18/h10-13,15H,4-9H2,1-3H3/t10-,11-,12?,13+,15+/m0/s1. The molecule has 4 aliphatic rings. The van der Waals surface area contributed by atoms with Crippen LogP contribution < -0.4 is 0 Å². The van der Waals surface area contributed by atoms with Crippen LogP contribution in [-0.4, -0.2) is 48.4 Å². The van der Waals surface area contributed by atoms with E-state index < -0.39 is 53.8 Å². The van der Waals surface area contributed by atoms with Crippen LogP contribution in [-0.2, 0) is 33.3 Å². The fourth-order valence-electron chi connectivity index (χ4n) is 3.93. The Morgan fingerprint density at radius 3 is 2.56 bits per heavy atom. The van der Waals surface area contributed by atoms with Crippen LogP contribution in [0.1, 0.15) is 59.3 Å². The molecule has 1 aliphatic carbocycles. The minimum Gasteiger partial charge on any atom is -0.454 e. The highest BCUT2D eigenvalue weighted by atomic mass is 16.9. The average molecular weight is 354 g/mol. The van der Waals surface area contributed by atoms with Crippen molar-refractivity contribution in [3.63, 3.8) is 0 Å². The zero-order chi connectivity index (χ0) is 17.8. The van der Waals surface area contributed by atoms with Crippen molar-refractivity contribution in [1.29, 1.82) is 0 Å². The molecule has 7 nitrogen and oxygen atoms in total. The fourth-order valence-corrected chi connectivity index (χ4v) is 3.93. The molecule has 0 aromatic rings. The molecule has 5 atom stereocenters. The molecule has 0 aromatic heterocycles. The summed E-state index contributed by atoms with van der Waals surface area (Å²) in [5, 5.41) is 0. The normalized spacial score (nSPS) is 39.2. The third-order valence-corrected chi connectivity index (χ3v) is 5.96. The first-order chi connectivity index (χ1) is 11.9. The van der Waals surface area contributed by atoms with Crippen molar-refractivity contribution >= 4 is 11.9 Å². The number of carbonyl (C=O) groups is 2. The van der Waals surface area contributed by atoms with E-state index in [2.05, 4.69) is 0 Å². The van der Waals surface area contributed by atoms with E-state index in [0.717, 1.165) is 25.7 Å². The van der Waals surface area contributed by atoms with Crippen LogP contribution >= 0.6 is 0 Å². The number of esters is 2. The second-order valence-corrected chi connectivity index (χ2v) is 8.11. The monoisotopic (exact) mass is 354 g/mol. The zero-order valence-electron chi connectivity index (χ0n) is 15.0. The molecule has 1 unspecified atom stereocenters. The number of rotatable bonds is 3. The first-order valence-corrected chi connectivity index (χ1v) is 9.28. The van der Waals surface area contributed by atoms with Crippen LogP contribution in [0.25, 0.3) is 0 Å². The number of fused-ring (bicyclic) bond motifs is 3. The maximum atomic E-state index is 12.3. The lowest BCUT2D eigenvalue weighted by Crippen LogP contribution is -2.41. The highest BCUT2D eigenvalue weighted by Crippen LogP contribution is 2.48. The molecule has 1 spiro atoms. The Hall–Kier alpha value is -1.18. The summed E-state index contributed by atoms with van der Waals surface area (Å²) in [4.78, 5) is 24.5. The van der Waals surface area contributed by atoms with Crippen LogP contribution in [0, 0.1) is 5.41 Å². The quantitative estimate of drug-likeness (QED) is 0.718. The van der Waals surface area contributed by atoms with Crippen molar-refractivity contribution in [2.75, 3.05) is 0 Å². The van der Waals surface area contributed by atoms with Crippen molar-refractivity contribution in [3.8, 4) is 0 Å². The molecule has 0 bridgehead atoms. The number of carbonyl (C=O) groups excluding carboxylic acids is 2. The Kier molecular flexibility index (Phi) is 4.09. The smallest absolute Gasteiger partial charge is 0.350 e. The number of hydrogen-bond donors (Lipinski definition) is 0. The van der Waals surface area contributed by atoms with Gasteiger partial charge in [0.2, 0.25) is 6.10 Å². The summed E-state index contributed by atoms with van der Waals surface area (Å²) in [5.41, 5.74) is -0.661. The summed E-state index contributed by atoms with van der Waals surface area (Å²) in [6.07, 6.45) is 2.25. The van der Waals surface area contributed by atoms with E-state index in [9.17, 15) is 9.59 Å². The van der Waals surface area contributed by atoms with Gasteiger partial charge in [-0.05, 0) is 33.1 Å². The lowest BCUT2D eigenvalue weighted by molar-refractivity contribution is -0.246. The van der Waals surface area contributed by atoms with Gasteiger partial charge in [-0.1, -0.05) is 13.3 Å². The van der Waals surface area contributed by atoms with Gasteiger partial charge in [0.05, 0.1) is 5.41 Å². The Bertz CT molecular complexity index is 566. The number of ether oxygens (including phenoxy) is 5. The van der Waals surface area contributed by atoms with Crippen LogP contribution in [0.15, 0.2) is 0 Å². The highest BCUT2D eigenvalue weighted by Gasteiger charge is 2.65. The summed E-state index contributed by atoms with van der Waals surface area (Å²) < 4.78 is 29.0. The lowest BCUT2D eigenvalue weighted by Gasteiger charge is -2.33. The van der Waals surface area contributed by atoms with E-state index in [4.69, 9.17) is 23.7 Å². The van der Waals surface area contributed by atoms with Gasteiger partial charge in [-0.2, -0.15) is 0 Å². The molecule has 25 heavy (non-hydrogen) atoms. The van der Waals surface area contributed by atoms with E-state index in [1.54, 1.807) is 13.8 Å². The van der Waals surface area contributed by atoms with Crippen LogP contribution in [0.4, 0.5) is 0 Å². The Morgan fingerprint density at radius 1 is 1.16 bits per heavy atom. The minimum atomic E-state index is -1.05. The molecule has 3 aliphatic heterocycles. The van der Waals surface area contributed by atoms with Crippen molar-refractivity contribution < 1.29 is 33.3 Å². The van der Waals surface area contributed by atoms with Crippen LogP contribution in [0.2, 0.25) is 0 Å². The van der Waals surface area contributed by atoms with Gasteiger partial charge in [-0.25, -0.2) is 4.79 Å². The predicted molar refractivity (Wildman–Crippen MR) is 84.3 cm³/mol. The van der Waals surface area contributed by atoms with Gasteiger partial charge in [-0.15, -0.1) is 0 Å². The van der Waals surface area contributed by atoms with Crippen molar-refractivity contribution in [1.82, 2.24) is 0 Å². The SMILES string of the molecule is CCC(C)(C)C(=O)OC1C(=O)O[C@@H]2[C@H]3OC4(CCCCC4)O[C@H]3O[C@H]12. The largest absolute Gasteiger partial charge is 0.454 e.